The van der Waals surface area contributed by atoms with Gasteiger partial charge in [-0.2, -0.15) is 0 Å². The van der Waals surface area contributed by atoms with Gasteiger partial charge in [-0.3, -0.25) is 0 Å². The van der Waals surface area contributed by atoms with E-state index in [1.807, 2.05) is 0 Å². The number of aromatic nitrogens is 1. The molecule has 0 atom stereocenters. The Morgan fingerprint density at radius 2 is 1.94 bits per heavy atom. The highest BCUT2D eigenvalue weighted by atomic mass is 127. The first-order valence-electron chi connectivity index (χ1n) is 5.64. The average Bonchev–Trinajstić information content (AvgIpc) is 2.35. The van der Waals surface area contributed by atoms with E-state index in [1.54, 1.807) is 11.3 Å². The number of fused-ring (bicyclic) bond motifs is 2. The predicted octanol–water partition coefficient (Wildman–Crippen LogP) is 3.04. The number of benzene rings is 2. The topological polar surface area (TPSA) is 15.9 Å². The van der Waals surface area contributed by atoms with Crippen LogP contribution in [0.5, 0.6) is 0 Å². The highest BCUT2D eigenvalue weighted by Crippen LogP contribution is 2.29. The summed E-state index contributed by atoms with van der Waals surface area (Å²) in [4.78, 5) is 5.94. The first-order chi connectivity index (χ1) is 8.63. The standard InChI is InChI=1S/C14H12IN2S/c1-17(2)10-4-6-12-14(8-10)18-13-7-9(15)3-5-11(13)16-12/h3-8H,1-2H3/q+1. The van der Waals surface area contributed by atoms with Crippen LogP contribution in [0.2, 0.25) is 0 Å². The molecule has 18 heavy (non-hydrogen) atoms. The van der Waals surface area contributed by atoms with Crippen LogP contribution in [-0.4, -0.2) is 19.1 Å². The fourth-order valence-corrected chi connectivity index (χ4v) is 3.61. The molecule has 4 heteroatoms. The minimum absolute atomic E-state index is 1.07. The van der Waals surface area contributed by atoms with Crippen LogP contribution in [-0.2, 0) is 0 Å². The minimum Gasteiger partial charge on any atom is -0.246 e. The number of hydrogen-bond donors (Lipinski definition) is 0. The summed E-state index contributed by atoms with van der Waals surface area (Å²) in [5.41, 5.74) is 2.14. The summed E-state index contributed by atoms with van der Waals surface area (Å²) >= 11 is 4.14. The van der Waals surface area contributed by atoms with Crippen molar-refractivity contribution in [2.45, 2.75) is 0 Å². The van der Waals surface area contributed by atoms with Crippen LogP contribution >= 0.6 is 33.9 Å². The highest BCUT2D eigenvalue weighted by Gasteiger charge is 2.08. The zero-order valence-corrected chi connectivity index (χ0v) is 13.1. The fourth-order valence-electron chi connectivity index (χ4n) is 1.87. The molecular weight excluding hydrogens is 355 g/mol. The van der Waals surface area contributed by atoms with Crippen molar-refractivity contribution in [3.05, 3.63) is 45.3 Å². The number of nitrogens with zero attached hydrogens (tertiary/aromatic N) is 2. The maximum Gasteiger partial charge on any atom is 0.201 e. The molecule has 0 fully saturated rings. The number of halogens is 1. The van der Waals surface area contributed by atoms with Gasteiger partial charge in [-0.15, -0.1) is 11.3 Å². The molecule has 1 aromatic carbocycles. The first-order valence-corrected chi connectivity index (χ1v) is 7.53. The van der Waals surface area contributed by atoms with Crippen molar-refractivity contribution in [1.29, 1.82) is 0 Å². The van der Waals surface area contributed by atoms with Crippen molar-refractivity contribution < 1.29 is 0 Å². The average molecular weight is 367 g/mol. The normalized spacial score (nSPS) is 11.1. The zero-order valence-electron chi connectivity index (χ0n) is 10.1. The lowest BCUT2D eigenvalue weighted by atomic mass is 10.2. The second-order valence-electron chi connectivity index (χ2n) is 4.37. The lowest BCUT2D eigenvalue weighted by Gasteiger charge is -2.05. The van der Waals surface area contributed by atoms with Gasteiger partial charge in [-0.1, -0.05) is 0 Å². The van der Waals surface area contributed by atoms with E-state index in [2.05, 4.69) is 77.7 Å². The predicted molar refractivity (Wildman–Crippen MR) is 86.1 cm³/mol. The maximum atomic E-state index is 4.71. The van der Waals surface area contributed by atoms with Gasteiger partial charge in [0.2, 0.25) is 5.36 Å². The van der Waals surface area contributed by atoms with Crippen molar-refractivity contribution >= 4 is 44.1 Å². The summed E-state index contributed by atoms with van der Waals surface area (Å²) in [7, 11) is 4.12. The van der Waals surface area contributed by atoms with Crippen molar-refractivity contribution in [3.8, 4) is 10.6 Å². The second kappa shape index (κ2) is 4.59. The van der Waals surface area contributed by atoms with Crippen molar-refractivity contribution in [2.24, 2.45) is 0 Å². The molecule has 0 saturated carbocycles. The third-order valence-electron chi connectivity index (χ3n) is 2.84. The zero-order chi connectivity index (χ0) is 12.7. The summed E-state index contributed by atoms with van der Waals surface area (Å²) in [5, 5.41) is 1.21. The Balaban J connectivity index is 2.40. The molecule has 90 valence electrons. The Labute approximate surface area is 123 Å². The van der Waals surface area contributed by atoms with Crippen LogP contribution in [0.4, 0.5) is 0 Å². The summed E-state index contributed by atoms with van der Waals surface area (Å²) in [6.45, 7) is 0. The van der Waals surface area contributed by atoms with E-state index in [0.717, 1.165) is 11.2 Å². The second-order valence-corrected chi connectivity index (χ2v) is 6.70. The highest BCUT2D eigenvalue weighted by molar-refractivity contribution is 14.1. The van der Waals surface area contributed by atoms with E-state index in [9.17, 15) is 0 Å². The first kappa shape index (κ1) is 12.0. The van der Waals surface area contributed by atoms with Gasteiger partial charge in [0.25, 0.3) is 0 Å². The van der Waals surface area contributed by atoms with E-state index in [-0.39, 0.29) is 0 Å². The van der Waals surface area contributed by atoms with E-state index < -0.39 is 0 Å². The molecule has 2 aliphatic rings. The Morgan fingerprint density at radius 1 is 1.11 bits per heavy atom. The summed E-state index contributed by atoms with van der Waals surface area (Å²) in [5.74, 6) is 0. The molecule has 0 N–H and O–H groups in total. The van der Waals surface area contributed by atoms with Gasteiger partial charge in [-0.05, 0) is 46.9 Å². The van der Waals surface area contributed by atoms with Gasteiger partial charge in [0.1, 0.15) is 14.1 Å². The van der Waals surface area contributed by atoms with E-state index in [1.165, 1.54) is 18.5 Å². The van der Waals surface area contributed by atoms with E-state index in [4.69, 9.17) is 4.98 Å². The molecule has 2 nitrogen and oxygen atoms in total. The van der Waals surface area contributed by atoms with Crippen LogP contribution in [0.3, 0.4) is 0 Å². The Hall–Kier alpha value is -1.01. The number of hydrogen-bond acceptors (Lipinski definition) is 2. The molecule has 0 spiro atoms. The summed E-state index contributed by atoms with van der Waals surface area (Å²) in [6, 6.07) is 12.8. The maximum absolute atomic E-state index is 4.71. The monoisotopic (exact) mass is 367 g/mol. The third-order valence-corrected chi connectivity index (χ3v) is 4.61. The third kappa shape index (κ3) is 2.14. The smallest absolute Gasteiger partial charge is 0.201 e. The van der Waals surface area contributed by atoms with Gasteiger partial charge >= 0.3 is 0 Å². The van der Waals surface area contributed by atoms with Crippen LogP contribution in [0.15, 0.2) is 36.4 Å². The largest absolute Gasteiger partial charge is 0.246 e. The number of rotatable bonds is 0. The van der Waals surface area contributed by atoms with Crippen molar-refractivity contribution in [2.75, 3.05) is 14.1 Å². The van der Waals surface area contributed by atoms with Gasteiger partial charge in [0, 0.05) is 15.7 Å². The van der Waals surface area contributed by atoms with Gasteiger partial charge < -0.3 is 0 Å². The van der Waals surface area contributed by atoms with Gasteiger partial charge in [0.05, 0.1) is 20.8 Å². The van der Waals surface area contributed by atoms with Gasteiger partial charge in [-0.25, -0.2) is 9.56 Å². The molecule has 0 saturated heterocycles. The van der Waals surface area contributed by atoms with Gasteiger partial charge in [0.15, 0.2) is 0 Å². The summed E-state index contributed by atoms with van der Waals surface area (Å²) in [6.07, 6.45) is 0. The van der Waals surface area contributed by atoms with E-state index in [0.29, 0.717) is 0 Å². The van der Waals surface area contributed by atoms with Crippen LogP contribution in [0, 0.1) is 3.57 Å². The molecule has 0 amide bonds. The minimum atomic E-state index is 1.07. The summed E-state index contributed by atoms with van der Waals surface area (Å²) < 4.78 is 4.61. The van der Waals surface area contributed by atoms with Crippen LogP contribution in [0.25, 0.3) is 20.8 Å². The van der Waals surface area contributed by atoms with Crippen molar-refractivity contribution in [3.63, 3.8) is 0 Å². The van der Waals surface area contributed by atoms with Crippen LogP contribution < -0.4 is 9.93 Å². The lowest BCUT2D eigenvalue weighted by molar-refractivity contribution is 0.814. The quantitative estimate of drug-likeness (QED) is 0.339. The molecule has 1 heterocycles. The molecule has 1 aromatic rings. The van der Waals surface area contributed by atoms with Crippen molar-refractivity contribution in [1.82, 2.24) is 9.56 Å². The molecule has 0 bridgehead atoms. The fraction of sp³-hybridized carbons (Fsp3) is 0.143. The lowest BCUT2D eigenvalue weighted by Crippen LogP contribution is -2.21. The Morgan fingerprint density at radius 3 is 2.72 bits per heavy atom. The molecule has 0 aromatic heterocycles. The Bertz CT molecular complexity index is 772. The molecule has 0 unspecified atom stereocenters. The van der Waals surface area contributed by atoms with E-state index >= 15 is 0 Å². The van der Waals surface area contributed by atoms with Crippen LogP contribution in [0.1, 0.15) is 0 Å². The Kier molecular flexibility index (Phi) is 3.07. The molecule has 1 aliphatic carbocycles. The SMILES string of the molecule is C[N+](C)=c1ccc2nc3ccc(I)cc3sc-2c1. The molecule has 3 rings (SSSR count). The molecule has 0 radical (unpaired) electrons. The molecule has 1 aliphatic heterocycles. The molecular formula is C14H12IN2S+.